The molecule has 0 fully saturated rings. The Hall–Kier alpha value is -2.35. The maximum absolute atomic E-state index is 12.7. The molecule has 1 aromatic carbocycles. The second kappa shape index (κ2) is 9.03. The number of nitrogens with zero attached hydrogens (tertiary/aromatic N) is 1. The van der Waals surface area contributed by atoms with Gasteiger partial charge in [0.15, 0.2) is 5.78 Å². The van der Waals surface area contributed by atoms with Crippen molar-refractivity contribution in [3.05, 3.63) is 47.3 Å². The molecule has 1 aromatic heterocycles. The molecule has 146 valence electrons. The van der Waals surface area contributed by atoms with Gasteiger partial charge in [-0.15, -0.1) is 11.8 Å². The van der Waals surface area contributed by atoms with Crippen LogP contribution < -0.4 is 4.74 Å². The van der Waals surface area contributed by atoms with E-state index in [1.165, 1.54) is 31.0 Å². The van der Waals surface area contributed by atoms with Crippen molar-refractivity contribution in [2.75, 3.05) is 12.9 Å². The molecule has 2 aromatic rings. The lowest BCUT2D eigenvalue weighted by Crippen LogP contribution is -2.17. The van der Waals surface area contributed by atoms with Gasteiger partial charge in [0.1, 0.15) is 5.75 Å². The van der Waals surface area contributed by atoms with Gasteiger partial charge in [0.2, 0.25) is 0 Å². The third-order valence-corrected chi connectivity index (χ3v) is 5.18. The highest BCUT2D eigenvalue weighted by molar-refractivity contribution is 8.01. The molecule has 0 radical (unpaired) electrons. The monoisotopic (exact) mass is 397 g/mol. The maximum Gasteiger partial charge on any atom is 0.387 e. The second-order valence-electron chi connectivity index (χ2n) is 5.89. The van der Waals surface area contributed by atoms with Gasteiger partial charge in [-0.2, -0.15) is 8.78 Å². The number of Topliss-reactive ketones (excluding diaryl/α,β-unsaturated/α-hetero) is 1. The molecule has 0 amide bonds. The van der Waals surface area contributed by atoms with Gasteiger partial charge in [-0.1, -0.05) is 0 Å². The summed E-state index contributed by atoms with van der Waals surface area (Å²) in [5.74, 6) is -0.286. The fourth-order valence-corrected chi connectivity index (χ4v) is 3.52. The average Bonchev–Trinajstić information content (AvgIpc) is 2.93. The molecule has 0 bridgehead atoms. The van der Waals surface area contributed by atoms with Crippen LogP contribution in [0.2, 0.25) is 0 Å². The van der Waals surface area contributed by atoms with E-state index in [9.17, 15) is 18.4 Å². The molecule has 8 heteroatoms. The fraction of sp³-hybridized carbons (Fsp3) is 0.368. The standard InChI is InChI=1S/C19H21F2NO4S/c1-11-9-16(18(24)13(3)27-10-17(23)25-4)12(2)22(11)14-5-7-15(8-6-14)26-19(20)21/h5-9,13,19H,10H2,1-4H3/t13-/m0/s1. The first-order chi connectivity index (χ1) is 12.7. The average molecular weight is 397 g/mol. The Labute approximate surface area is 160 Å². The zero-order chi connectivity index (χ0) is 20.1. The largest absolute Gasteiger partial charge is 0.468 e. The van der Waals surface area contributed by atoms with Crippen molar-refractivity contribution >= 4 is 23.5 Å². The summed E-state index contributed by atoms with van der Waals surface area (Å²) in [6.45, 7) is 2.55. The van der Waals surface area contributed by atoms with Gasteiger partial charge in [0.05, 0.1) is 18.1 Å². The molecule has 0 saturated heterocycles. The zero-order valence-corrected chi connectivity index (χ0v) is 16.3. The Morgan fingerprint density at radius 1 is 1.19 bits per heavy atom. The number of ketones is 1. The number of carbonyl (C=O) groups excluding carboxylic acids is 2. The minimum Gasteiger partial charge on any atom is -0.468 e. The van der Waals surface area contributed by atoms with Crippen molar-refractivity contribution in [1.82, 2.24) is 4.57 Å². The predicted molar refractivity (Wildman–Crippen MR) is 100 cm³/mol. The minimum atomic E-state index is -2.88. The van der Waals surface area contributed by atoms with Crippen LogP contribution in [0, 0.1) is 13.8 Å². The molecule has 0 N–H and O–H groups in total. The second-order valence-corrected chi connectivity index (χ2v) is 7.22. The number of carbonyl (C=O) groups is 2. The van der Waals surface area contributed by atoms with Crippen molar-refractivity contribution < 1.29 is 27.8 Å². The van der Waals surface area contributed by atoms with Gasteiger partial charge in [0, 0.05) is 22.6 Å². The van der Waals surface area contributed by atoms with E-state index in [1.54, 1.807) is 25.1 Å². The number of hydrogen-bond acceptors (Lipinski definition) is 5. The molecule has 0 aliphatic heterocycles. The molecule has 0 aliphatic carbocycles. The zero-order valence-electron chi connectivity index (χ0n) is 15.5. The van der Waals surface area contributed by atoms with Gasteiger partial charge in [0.25, 0.3) is 0 Å². The normalized spacial score (nSPS) is 12.1. The molecule has 1 atom stereocenters. The Morgan fingerprint density at radius 2 is 1.81 bits per heavy atom. The summed E-state index contributed by atoms with van der Waals surface area (Å²) in [4.78, 5) is 24.0. The summed E-state index contributed by atoms with van der Waals surface area (Å²) in [6.07, 6.45) is 0. The van der Waals surface area contributed by atoms with E-state index in [-0.39, 0.29) is 23.3 Å². The van der Waals surface area contributed by atoms with Gasteiger partial charge < -0.3 is 14.0 Å². The van der Waals surface area contributed by atoms with Crippen LogP contribution in [0.25, 0.3) is 5.69 Å². The molecule has 0 spiro atoms. The summed E-state index contributed by atoms with van der Waals surface area (Å²) in [5.41, 5.74) is 2.87. The third-order valence-electron chi connectivity index (χ3n) is 4.06. The van der Waals surface area contributed by atoms with Crippen LogP contribution in [0.5, 0.6) is 5.75 Å². The Bertz CT molecular complexity index is 818. The molecule has 27 heavy (non-hydrogen) atoms. The van der Waals surface area contributed by atoms with Crippen molar-refractivity contribution in [2.24, 2.45) is 0 Å². The van der Waals surface area contributed by atoms with Crippen LogP contribution in [0.1, 0.15) is 28.7 Å². The van der Waals surface area contributed by atoms with Crippen LogP contribution in [0.15, 0.2) is 30.3 Å². The number of aromatic nitrogens is 1. The number of aryl methyl sites for hydroxylation is 1. The van der Waals surface area contributed by atoms with Crippen molar-refractivity contribution in [1.29, 1.82) is 0 Å². The van der Waals surface area contributed by atoms with E-state index >= 15 is 0 Å². The summed E-state index contributed by atoms with van der Waals surface area (Å²) in [5, 5.41) is -0.403. The van der Waals surface area contributed by atoms with Crippen molar-refractivity contribution in [3.63, 3.8) is 0 Å². The van der Waals surface area contributed by atoms with Gasteiger partial charge in [-0.25, -0.2) is 0 Å². The van der Waals surface area contributed by atoms with Crippen LogP contribution in [0.4, 0.5) is 8.78 Å². The van der Waals surface area contributed by atoms with Crippen LogP contribution in [-0.4, -0.2) is 41.0 Å². The molecule has 0 aliphatic rings. The van der Waals surface area contributed by atoms with E-state index in [1.807, 2.05) is 18.4 Å². The number of ether oxygens (including phenoxy) is 2. The smallest absolute Gasteiger partial charge is 0.387 e. The first kappa shape index (κ1) is 21.0. The highest BCUT2D eigenvalue weighted by Gasteiger charge is 2.22. The highest BCUT2D eigenvalue weighted by atomic mass is 32.2. The number of rotatable bonds is 8. The van der Waals surface area contributed by atoms with Gasteiger partial charge >= 0.3 is 12.6 Å². The lowest BCUT2D eigenvalue weighted by atomic mass is 10.1. The number of halogens is 2. The van der Waals surface area contributed by atoms with Crippen molar-refractivity contribution in [3.8, 4) is 11.4 Å². The number of thioether (sulfide) groups is 1. The minimum absolute atomic E-state index is 0.0698. The molecule has 1 heterocycles. The lowest BCUT2D eigenvalue weighted by molar-refractivity contribution is -0.137. The number of benzene rings is 1. The molecule has 5 nitrogen and oxygen atoms in total. The van der Waals surface area contributed by atoms with Crippen LogP contribution in [-0.2, 0) is 9.53 Å². The SMILES string of the molecule is COC(=O)CS[C@@H](C)C(=O)c1cc(C)n(-c2ccc(OC(F)F)cc2)c1C. The van der Waals surface area contributed by atoms with E-state index in [4.69, 9.17) is 0 Å². The summed E-state index contributed by atoms with van der Waals surface area (Å²) in [6, 6.07) is 8.01. The van der Waals surface area contributed by atoms with E-state index in [0.717, 1.165) is 17.1 Å². The topological polar surface area (TPSA) is 57.5 Å². The van der Waals surface area contributed by atoms with Crippen molar-refractivity contribution in [2.45, 2.75) is 32.6 Å². The van der Waals surface area contributed by atoms with Crippen LogP contribution >= 0.6 is 11.8 Å². The number of alkyl halides is 2. The van der Waals surface area contributed by atoms with E-state index in [0.29, 0.717) is 5.56 Å². The van der Waals surface area contributed by atoms with Gasteiger partial charge in [-0.05, 0) is 51.1 Å². The predicted octanol–water partition coefficient (Wildman–Crippen LogP) is 4.17. The van der Waals surface area contributed by atoms with Crippen LogP contribution in [0.3, 0.4) is 0 Å². The third kappa shape index (κ3) is 5.09. The molecule has 2 rings (SSSR count). The Kier molecular flexibility index (Phi) is 7.01. The fourth-order valence-electron chi connectivity index (χ4n) is 2.73. The lowest BCUT2D eigenvalue weighted by Gasteiger charge is -2.12. The Morgan fingerprint density at radius 3 is 2.37 bits per heavy atom. The molecule has 0 saturated carbocycles. The van der Waals surface area contributed by atoms with Gasteiger partial charge in [-0.3, -0.25) is 9.59 Å². The highest BCUT2D eigenvalue weighted by Crippen LogP contribution is 2.26. The number of hydrogen-bond donors (Lipinski definition) is 0. The molecule has 0 unspecified atom stereocenters. The first-order valence-corrected chi connectivity index (χ1v) is 9.26. The summed E-state index contributed by atoms with van der Waals surface area (Å²) in [7, 11) is 1.31. The number of methoxy groups -OCH3 is 1. The molecular formula is C19H21F2NO4S. The summed E-state index contributed by atoms with van der Waals surface area (Å²) >= 11 is 1.22. The number of esters is 1. The van der Waals surface area contributed by atoms with E-state index in [2.05, 4.69) is 9.47 Å². The Balaban J connectivity index is 2.23. The quantitative estimate of drug-likeness (QED) is 0.494. The first-order valence-electron chi connectivity index (χ1n) is 8.21. The van der Waals surface area contributed by atoms with E-state index < -0.39 is 11.9 Å². The molecular weight excluding hydrogens is 376 g/mol. The summed E-state index contributed by atoms with van der Waals surface area (Å²) < 4.78 is 35.4. The maximum atomic E-state index is 12.7.